The summed E-state index contributed by atoms with van der Waals surface area (Å²) in [5.41, 5.74) is 3.63. The van der Waals surface area contributed by atoms with Gasteiger partial charge in [0.05, 0.1) is 6.04 Å². The fourth-order valence-corrected chi connectivity index (χ4v) is 6.36. The molecule has 206 valence electrons. The Morgan fingerprint density at radius 1 is 1.08 bits per heavy atom. The normalized spacial score (nSPS) is 22.1. The first-order valence-electron chi connectivity index (χ1n) is 13.6. The lowest BCUT2D eigenvalue weighted by molar-refractivity contribution is -0.139. The Labute approximate surface area is 237 Å². The summed E-state index contributed by atoms with van der Waals surface area (Å²) in [7, 11) is 0. The fourth-order valence-electron chi connectivity index (χ4n) is 6.23. The summed E-state index contributed by atoms with van der Waals surface area (Å²) in [6.45, 7) is 6.18. The summed E-state index contributed by atoms with van der Waals surface area (Å²) in [5.74, 6) is 0.544. The molecule has 3 heterocycles. The van der Waals surface area contributed by atoms with E-state index in [1.165, 1.54) is 11.1 Å². The lowest BCUT2D eigenvalue weighted by atomic mass is 9.67. The van der Waals surface area contributed by atoms with Gasteiger partial charge in [0.15, 0.2) is 0 Å². The van der Waals surface area contributed by atoms with Gasteiger partial charge in [-0.1, -0.05) is 54.9 Å². The van der Waals surface area contributed by atoms with Gasteiger partial charge >= 0.3 is 0 Å². The maximum atomic E-state index is 13.8. The molecule has 2 aromatic rings. The van der Waals surface area contributed by atoms with Crippen LogP contribution < -0.4 is 10.6 Å². The third-order valence-corrected chi connectivity index (χ3v) is 9.04. The van der Waals surface area contributed by atoms with Crippen molar-refractivity contribution in [3.63, 3.8) is 0 Å². The molecule has 2 saturated heterocycles. The van der Waals surface area contributed by atoms with E-state index < -0.39 is 6.04 Å². The van der Waals surface area contributed by atoms with Crippen molar-refractivity contribution in [2.24, 2.45) is 11.3 Å². The van der Waals surface area contributed by atoms with Crippen molar-refractivity contribution in [3.05, 3.63) is 70.2 Å². The van der Waals surface area contributed by atoms with Crippen LogP contribution in [0.15, 0.2) is 48.5 Å². The quantitative estimate of drug-likeness (QED) is 0.544. The molecule has 5 rings (SSSR count). The Balaban J connectivity index is 0.00000336. The first-order chi connectivity index (χ1) is 17.9. The number of nitrogens with zero attached hydrogens (tertiary/aromatic N) is 1. The highest BCUT2D eigenvalue weighted by atomic mass is 35.5. The summed E-state index contributed by atoms with van der Waals surface area (Å²) in [4.78, 5) is 29.2. The molecular formula is C30H39Cl2N3O3. The lowest BCUT2D eigenvalue weighted by Crippen LogP contribution is -2.57. The second kappa shape index (κ2) is 12.8. The maximum Gasteiger partial charge on any atom is 0.245 e. The Bertz CT molecular complexity index is 1100. The van der Waals surface area contributed by atoms with Crippen molar-refractivity contribution in [2.45, 2.75) is 64.1 Å². The van der Waals surface area contributed by atoms with Gasteiger partial charge in [0.25, 0.3) is 0 Å². The molecule has 0 aliphatic carbocycles. The number of carbonyl (C=O) groups excluding carboxylic acids is 2. The van der Waals surface area contributed by atoms with E-state index >= 15 is 0 Å². The van der Waals surface area contributed by atoms with Crippen molar-refractivity contribution in [1.29, 1.82) is 0 Å². The third-order valence-electron chi connectivity index (χ3n) is 8.79. The van der Waals surface area contributed by atoms with Crippen LogP contribution in [0.25, 0.3) is 0 Å². The average molecular weight is 561 g/mol. The zero-order valence-electron chi connectivity index (χ0n) is 22.1. The Morgan fingerprint density at radius 3 is 2.42 bits per heavy atom. The minimum Gasteiger partial charge on any atom is -0.381 e. The first kappa shape index (κ1) is 28.9. The molecule has 2 aromatic carbocycles. The Kier molecular flexibility index (Phi) is 9.74. The Morgan fingerprint density at radius 2 is 1.74 bits per heavy atom. The first-order valence-corrected chi connectivity index (χ1v) is 14.0. The molecule has 0 spiro atoms. The highest BCUT2D eigenvalue weighted by molar-refractivity contribution is 6.30. The van der Waals surface area contributed by atoms with Crippen molar-refractivity contribution in [2.75, 3.05) is 26.3 Å². The number of benzene rings is 2. The third kappa shape index (κ3) is 6.71. The van der Waals surface area contributed by atoms with Gasteiger partial charge < -0.3 is 20.3 Å². The van der Waals surface area contributed by atoms with Crippen LogP contribution in [-0.2, 0) is 33.7 Å². The molecule has 2 N–H and O–H groups in total. The molecular weight excluding hydrogens is 521 g/mol. The predicted molar refractivity (Wildman–Crippen MR) is 153 cm³/mol. The topological polar surface area (TPSA) is 70.7 Å². The standard InChI is InChI=1S/C30H38ClN3O3.ClH/c1-30(24-10-16-37-17-11-24)12-14-34(15-13-30)29(36)27(18-21-6-8-25(31)9-7-21)33-28(35)26-19-22-4-2-3-5-23(22)20-32-26;/h2-9,24,26-27,32H,10-20H2,1H3,(H,33,35);1H. The predicted octanol–water partition coefficient (Wildman–Crippen LogP) is 4.56. The Hall–Kier alpha value is -2.12. The number of piperidine rings is 1. The van der Waals surface area contributed by atoms with Crippen LogP contribution in [0.4, 0.5) is 0 Å². The number of likely N-dealkylation sites (tertiary alicyclic amines) is 1. The largest absolute Gasteiger partial charge is 0.381 e. The maximum absolute atomic E-state index is 13.8. The van der Waals surface area contributed by atoms with Crippen LogP contribution in [-0.4, -0.2) is 55.1 Å². The number of halogens is 2. The number of rotatable bonds is 6. The minimum absolute atomic E-state index is 0. The second-order valence-electron chi connectivity index (χ2n) is 11.2. The van der Waals surface area contributed by atoms with E-state index in [2.05, 4.69) is 29.7 Å². The fraction of sp³-hybridized carbons (Fsp3) is 0.533. The highest BCUT2D eigenvalue weighted by Crippen LogP contribution is 2.43. The van der Waals surface area contributed by atoms with Gasteiger partial charge in [-0.3, -0.25) is 9.59 Å². The SMILES string of the molecule is CC1(C2CCOCC2)CCN(C(=O)C(Cc2ccc(Cl)cc2)NC(=O)C2Cc3ccccc3CN2)CC1.Cl. The van der Waals surface area contributed by atoms with E-state index in [9.17, 15) is 9.59 Å². The summed E-state index contributed by atoms with van der Waals surface area (Å²) in [6.07, 6.45) is 5.27. The van der Waals surface area contributed by atoms with Crippen LogP contribution in [0, 0.1) is 11.3 Å². The highest BCUT2D eigenvalue weighted by Gasteiger charge is 2.40. The van der Waals surface area contributed by atoms with Crippen LogP contribution in [0.1, 0.15) is 49.3 Å². The minimum atomic E-state index is -0.611. The molecule has 8 heteroatoms. The molecule has 0 saturated carbocycles. The zero-order chi connectivity index (χ0) is 25.8. The average Bonchev–Trinajstić information content (AvgIpc) is 2.94. The molecule has 3 aliphatic rings. The van der Waals surface area contributed by atoms with E-state index in [4.69, 9.17) is 16.3 Å². The van der Waals surface area contributed by atoms with Crippen molar-refractivity contribution in [1.82, 2.24) is 15.5 Å². The molecule has 0 radical (unpaired) electrons. The lowest BCUT2D eigenvalue weighted by Gasteiger charge is -2.46. The van der Waals surface area contributed by atoms with E-state index in [0.717, 1.165) is 57.6 Å². The van der Waals surface area contributed by atoms with Crippen LogP contribution in [0.2, 0.25) is 5.02 Å². The molecule has 3 aliphatic heterocycles. The van der Waals surface area contributed by atoms with Crippen molar-refractivity contribution in [3.8, 4) is 0 Å². The number of amides is 2. The summed E-state index contributed by atoms with van der Waals surface area (Å²) in [5, 5.41) is 7.13. The van der Waals surface area contributed by atoms with E-state index in [-0.39, 0.29) is 35.7 Å². The molecule has 6 nitrogen and oxygen atoms in total. The molecule has 2 unspecified atom stereocenters. The summed E-state index contributed by atoms with van der Waals surface area (Å²) in [6, 6.07) is 14.8. The second-order valence-corrected chi connectivity index (χ2v) is 11.6. The molecule has 0 aromatic heterocycles. The number of hydrogen-bond acceptors (Lipinski definition) is 4. The van der Waals surface area contributed by atoms with E-state index in [0.29, 0.717) is 30.3 Å². The number of hydrogen-bond donors (Lipinski definition) is 2. The molecule has 2 amide bonds. The van der Waals surface area contributed by atoms with Gasteiger partial charge in [0.2, 0.25) is 11.8 Å². The zero-order valence-corrected chi connectivity index (χ0v) is 23.7. The summed E-state index contributed by atoms with van der Waals surface area (Å²) >= 11 is 6.09. The molecule has 2 atom stereocenters. The van der Waals surface area contributed by atoms with Gasteiger partial charge in [-0.05, 0) is 72.3 Å². The van der Waals surface area contributed by atoms with Crippen LogP contribution in [0.5, 0.6) is 0 Å². The van der Waals surface area contributed by atoms with Gasteiger partial charge in [-0.2, -0.15) is 0 Å². The van der Waals surface area contributed by atoms with Crippen LogP contribution >= 0.6 is 24.0 Å². The smallest absolute Gasteiger partial charge is 0.245 e. The number of fused-ring (bicyclic) bond motifs is 1. The van der Waals surface area contributed by atoms with E-state index in [1.807, 2.05) is 41.3 Å². The van der Waals surface area contributed by atoms with Gasteiger partial charge in [0, 0.05) is 44.3 Å². The monoisotopic (exact) mass is 559 g/mol. The molecule has 38 heavy (non-hydrogen) atoms. The van der Waals surface area contributed by atoms with E-state index in [1.54, 1.807) is 0 Å². The van der Waals surface area contributed by atoms with Gasteiger partial charge in [0.1, 0.15) is 6.04 Å². The van der Waals surface area contributed by atoms with Crippen molar-refractivity contribution < 1.29 is 14.3 Å². The van der Waals surface area contributed by atoms with Gasteiger partial charge in [-0.25, -0.2) is 0 Å². The van der Waals surface area contributed by atoms with Crippen molar-refractivity contribution >= 4 is 35.8 Å². The number of carbonyl (C=O) groups is 2. The van der Waals surface area contributed by atoms with Gasteiger partial charge in [-0.15, -0.1) is 12.4 Å². The molecule has 0 bridgehead atoms. The molecule has 2 fully saturated rings. The number of nitrogens with one attached hydrogen (secondary N) is 2. The van der Waals surface area contributed by atoms with Crippen LogP contribution in [0.3, 0.4) is 0 Å². The number of ether oxygens (including phenoxy) is 1. The summed E-state index contributed by atoms with van der Waals surface area (Å²) < 4.78 is 5.58.